The standard InChI is InChI=1S/C9H19N/c1-3-8-4-7(2)5-9(10)6-8/h7-9H,3-6,10H2,1-2H3. The molecule has 0 aromatic carbocycles. The van der Waals surface area contributed by atoms with Crippen LogP contribution in [-0.2, 0) is 0 Å². The quantitative estimate of drug-likeness (QED) is 0.595. The lowest BCUT2D eigenvalue weighted by molar-refractivity contribution is 0.248. The van der Waals surface area contributed by atoms with Gasteiger partial charge in [0.2, 0.25) is 0 Å². The van der Waals surface area contributed by atoms with Gasteiger partial charge >= 0.3 is 0 Å². The van der Waals surface area contributed by atoms with Crippen molar-refractivity contribution in [2.45, 2.75) is 45.6 Å². The normalized spacial score (nSPS) is 41.7. The highest BCUT2D eigenvalue weighted by molar-refractivity contribution is 4.77. The van der Waals surface area contributed by atoms with E-state index < -0.39 is 0 Å². The van der Waals surface area contributed by atoms with Gasteiger partial charge in [0.1, 0.15) is 0 Å². The van der Waals surface area contributed by atoms with Gasteiger partial charge in [0.05, 0.1) is 0 Å². The topological polar surface area (TPSA) is 26.0 Å². The number of hydrogen-bond donors (Lipinski definition) is 1. The Labute approximate surface area is 64.0 Å². The zero-order chi connectivity index (χ0) is 7.56. The van der Waals surface area contributed by atoms with E-state index in [1.807, 2.05) is 0 Å². The minimum Gasteiger partial charge on any atom is -0.328 e. The van der Waals surface area contributed by atoms with Crippen molar-refractivity contribution < 1.29 is 0 Å². The average Bonchev–Trinajstić information content (AvgIpc) is 1.85. The van der Waals surface area contributed by atoms with Gasteiger partial charge in [-0.1, -0.05) is 20.3 Å². The van der Waals surface area contributed by atoms with Gasteiger partial charge in [0, 0.05) is 6.04 Å². The maximum Gasteiger partial charge on any atom is 0.00440 e. The molecular formula is C9H19N. The van der Waals surface area contributed by atoms with E-state index in [1.165, 1.54) is 25.7 Å². The first-order valence-corrected chi connectivity index (χ1v) is 4.48. The molecule has 1 heteroatoms. The van der Waals surface area contributed by atoms with Crippen molar-refractivity contribution in [2.24, 2.45) is 17.6 Å². The molecule has 0 radical (unpaired) electrons. The highest BCUT2D eigenvalue weighted by Gasteiger charge is 2.22. The van der Waals surface area contributed by atoms with Crippen LogP contribution in [0.25, 0.3) is 0 Å². The summed E-state index contributed by atoms with van der Waals surface area (Å²) in [6.07, 6.45) is 5.24. The maximum atomic E-state index is 5.89. The number of hydrogen-bond acceptors (Lipinski definition) is 1. The smallest absolute Gasteiger partial charge is 0.00440 e. The molecule has 1 saturated carbocycles. The van der Waals surface area contributed by atoms with Crippen LogP contribution in [-0.4, -0.2) is 6.04 Å². The molecule has 1 rings (SSSR count). The van der Waals surface area contributed by atoms with Crippen LogP contribution in [0, 0.1) is 11.8 Å². The second kappa shape index (κ2) is 3.38. The molecular weight excluding hydrogens is 122 g/mol. The average molecular weight is 141 g/mol. The van der Waals surface area contributed by atoms with Gasteiger partial charge in [-0.05, 0) is 31.1 Å². The third-order valence-electron chi connectivity index (χ3n) is 2.65. The molecule has 0 heterocycles. The van der Waals surface area contributed by atoms with Crippen LogP contribution in [0.2, 0.25) is 0 Å². The molecule has 60 valence electrons. The predicted molar refractivity (Wildman–Crippen MR) is 44.8 cm³/mol. The first-order valence-electron chi connectivity index (χ1n) is 4.48. The second-order valence-corrected chi connectivity index (χ2v) is 3.85. The minimum absolute atomic E-state index is 0.494. The molecule has 0 saturated heterocycles. The third kappa shape index (κ3) is 1.98. The highest BCUT2D eigenvalue weighted by Crippen LogP contribution is 2.29. The summed E-state index contributed by atoms with van der Waals surface area (Å²) in [4.78, 5) is 0. The Kier molecular flexibility index (Phi) is 2.72. The number of rotatable bonds is 1. The molecule has 3 atom stereocenters. The fraction of sp³-hybridized carbons (Fsp3) is 1.00. The van der Waals surface area contributed by atoms with Gasteiger partial charge < -0.3 is 5.73 Å². The molecule has 0 aliphatic heterocycles. The molecule has 10 heavy (non-hydrogen) atoms. The van der Waals surface area contributed by atoms with Gasteiger partial charge in [-0.3, -0.25) is 0 Å². The lowest BCUT2D eigenvalue weighted by Crippen LogP contribution is -2.31. The molecule has 3 unspecified atom stereocenters. The van der Waals surface area contributed by atoms with Crippen molar-refractivity contribution in [1.82, 2.24) is 0 Å². The summed E-state index contributed by atoms with van der Waals surface area (Å²) in [6.45, 7) is 4.59. The fourth-order valence-corrected chi connectivity index (χ4v) is 2.14. The SMILES string of the molecule is CCC1CC(C)CC(N)C1. The van der Waals surface area contributed by atoms with Crippen molar-refractivity contribution in [2.75, 3.05) is 0 Å². The van der Waals surface area contributed by atoms with Crippen LogP contribution >= 0.6 is 0 Å². The van der Waals surface area contributed by atoms with E-state index in [9.17, 15) is 0 Å². The van der Waals surface area contributed by atoms with E-state index in [4.69, 9.17) is 5.73 Å². The zero-order valence-corrected chi connectivity index (χ0v) is 7.14. The van der Waals surface area contributed by atoms with Gasteiger partial charge in [0.15, 0.2) is 0 Å². The van der Waals surface area contributed by atoms with E-state index in [0.717, 1.165) is 11.8 Å². The highest BCUT2D eigenvalue weighted by atomic mass is 14.6. The van der Waals surface area contributed by atoms with Crippen LogP contribution in [0.5, 0.6) is 0 Å². The molecule has 1 nitrogen and oxygen atoms in total. The summed E-state index contributed by atoms with van der Waals surface area (Å²) in [6, 6.07) is 0.494. The molecule has 0 aromatic heterocycles. The van der Waals surface area contributed by atoms with Gasteiger partial charge in [-0.25, -0.2) is 0 Å². The van der Waals surface area contributed by atoms with Crippen molar-refractivity contribution in [3.05, 3.63) is 0 Å². The van der Waals surface area contributed by atoms with Crippen LogP contribution < -0.4 is 5.73 Å². The molecule has 0 aromatic rings. The van der Waals surface area contributed by atoms with E-state index in [1.54, 1.807) is 0 Å². The summed E-state index contributed by atoms with van der Waals surface area (Å²) in [5, 5.41) is 0. The molecule has 1 aliphatic carbocycles. The van der Waals surface area contributed by atoms with Gasteiger partial charge in [-0.2, -0.15) is 0 Å². The third-order valence-corrected chi connectivity index (χ3v) is 2.65. The van der Waals surface area contributed by atoms with Crippen LogP contribution in [0.15, 0.2) is 0 Å². The van der Waals surface area contributed by atoms with Gasteiger partial charge in [0.25, 0.3) is 0 Å². The molecule has 0 spiro atoms. The largest absolute Gasteiger partial charge is 0.328 e. The Balaban J connectivity index is 2.35. The van der Waals surface area contributed by atoms with Crippen LogP contribution in [0.3, 0.4) is 0 Å². The maximum absolute atomic E-state index is 5.89. The number of nitrogens with two attached hydrogens (primary N) is 1. The Hall–Kier alpha value is -0.0400. The Morgan fingerprint density at radius 2 is 2.00 bits per heavy atom. The second-order valence-electron chi connectivity index (χ2n) is 3.85. The summed E-state index contributed by atoms with van der Waals surface area (Å²) in [5.41, 5.74) is 5.89. The van der Waals surface area contributed by atoms with Crippen molar-refractivity contribution in [3.8, 4) is 0 Å². The molecule has 0 bridgehead atoms. The molecule has 2 N–H and O–H groups in total. The molecule has 0 amide bonds. The lowest BCUT2D eigenvalue weighted by Gasteiger charge is -2.30. The fourth-order valence-electron chi connectivity index (χ4n) is 2.14. The predicted octanol–water partition coefficient (Wildman–Crippen LogP) is 2.16. The van der Waals surface area contributed by atoms with E-state index in [2.05, 4.69) is 13.8 Å². The summed E-state index contributed by atoms with van der Waals surface area (Å²) in [7, 11) is 0. The lowest BCUT2D eigenvalue weighted by atomic mass is 9.79. The first kappa shape index (κ1) is 8.06. The Bertz CT molecular complexity index is 90.9. The summed E-state index contributed by atoms with van der Waals surface area (Å²) in [5.74, 6) is 1.78. The summed E-state index contributed by atoms with van der Waals surface area (Å²) >= 11 is 0. The minimum atomic E-state index is 0.494. The van der Waals surface area contributed by atoms with E-state index >= 15 is 0 Å². The first-order chi connectivity index (χ1) is 4.72. The zero-order valence-electron chi connectivity index (χ0n) is 7.14. The summed E-state index contributed by atoms with van der Waals surface area (Å²) < 4.78 is 0. The van der Waals surface area contributed by atoms with Crippen LogP contribution in [0.1, 0.15) is 39.5 Å². The monoisotopic (exact) mass is 141 g/mol. The Morgan fingerprint density at radius 3 is 2.50 bits per heavy atom. The van der Waals surface area contributed by atoms with Crippen molar-refractivity contribution in [1.29, 1.82) is 0 Å². The van der Waals surface area contributed by atoms with Crippen molar-refractivity contribution >= 4 is 0 Å². The van der Waals surface area contributed by atoms with Crippen molar-refractivity contribution in [3.63, 3.8) is 0 Å². The molecule has 1 aliphatic rings. The van der Waals surface area contributed by atoms with Crippen LogP contribution in [0.4, 0.5) is 0 Å². The molecule has 1 fully saturated rings. The Morgan fingerprint density at radius 1 is 1.30 bits per heavy atom. The van der Waals surface area contributed by atoms with E-state index in [-0.39, 0.29) is 0 Å². The van der Waals surface area contributed by atoms with Gasteiger partial charge in [-0.15, -0.1) is 0 Å². The van der Waals surface area contributed by atoms with E-state index in [0.29, 0.717) is 6.04 Å².